The Balaban J connectivity index is 1.77. The summed E-state index contributed by atoms with van der Waals surface area (Å²) in [5, 5.41) is 12.3. The summed E-state index contributed by atoms with van der Waals surface area (Å²) in [6, 6.07) is 13.2. The summed E-state index contributed by atoms with van der Waals surface area (Å²) in [4.78, 5) is 1.54. The highest BCUT2D eigenvalue weighted by Gasteiger charge is 2.22. The van der Waals surface area contributed by atoms with Crippen molar-refractivity contribution in [2.24, 2.45) is 0 Å². The number of rotatable bonds is 3. The highest BCUT2D eigenvalue weighted by Crippen LogP contribution is 2.38. The molecule has 2 nitrogen and oxygen atoms in total. The van der Waals surface area contributed by atoms with Crippen molar-refractivity contribution in [1.29, 1.82) is 5.26 Å². The molecule has 1 aliphatic rings. The van der Waals surface area contributed by atoms with E-state index in [0.29, 0.717) is 12.5 Å². The molecule has 1 N–H and O–H groups in total. The molecule has 1 unspecified atom stereocenters. The monoisotopic (exact) mass is 394 g/mol. The molecule has 0 radical (unpaired) electrons. The molecule has 0 bridgehead atoms. The number of hydrogen-bond acceptors (Lipinski definition) is 3. The Morgan fingerprint density at radius 2 is 2.15 bits per heavy atom. The van der Waals surface area contributed by atoms with Crippen LogP contribution in [-0.4, -0.2) is 0 Å². The topological polar surface area (TPSA) is 35.8 Å². The third-order valence-electron chi connectivity index (χ3n) is 3.66. The number of nitriles is 1. The van der Waals surface area contributed by atoms with Crippen LogP contribution >= 0.6 is 33.9 Å². The van der Waals surface area contributed by atoms with Crippen LogP contribution in [0, 0.1) is 14.2 Å². The normalized spacial score (nSPS) is 17.3. The fourth-order valence-corrected chi connectivity index (χ4v) is 4.80. The molecule has 0 amide bonds. The number of halogens is 1. The molecule has 102 valence electrons. The van der Waals surface area contributed by atoms with Gasteiger partial charge in [0.2, 0.25) is 0 Å². The van der Waals surface area contributed by atoms with Gasteiger partial charge in [0.1, 0.15) is 0 Å². The van der Waals surface area contributed by atoms with E-state index in [4.69, 9.17) is 5.26 Å². The predicted molar refractivity (Wildman–Crippen MR) is 92.1 cm³/mol. The summed E-state index contributed by atoms with van der Waals surface area (Å²) in [6.07, 6.45) is 4.16. The number of hydrogen-bond donors (Lipinski definition) is 1. The van der Waals surface area contributed by atoms with E-state index >= 15 is 0 Å². The molecule has 3 rings (SSSR count). The van der Waals surface area contributed by atoms with Crippen LogP contribution in [0.5, 0.6) is 0 Å². The number of nitrogens with one attached hydrogen (secondary N) is 1. The van der Waals surface area contributed by atoms with E-state index in [1.807, 2.05) is 23.5 Å². The first-order valence-electron chi connectivity index (χ1n) is 6.77. The maximum atomic E-state index is 8.70. The van der Waals surface area contributed by atoms with E-state index in [1.54, 1.807) is 4.88 Å². The maximum absolute atomic E-state index is 8.70. The van der Waals surface area contributed by atoms with Crippen molar-refractivity contribution in [3.05, 3.63) is 49.2 Å². The van der Waals surface area contributed by atoms with Crippen molar-refractivity contribution in [3.8, 4) is 6.07 Å². The molecule has 1 aromatic carbocycles. The molecule has 0 saturated heterocycles. The molecule has 0 aliphatic heterocycles. The number of nitrogens with zero attached hydrogens (tertiary/aromatic N) is 1. The lowest BCUT2D eigenvalue weighted by Gasteiger charge is -2.24. The van der Waals surface area contributed by atoms with Crippen molar-refractivity contribution < 1.29 is 0 Å². The number of aryl methyl sites for hydroxylation is 1. The van der Waals surface area contributed by atoms with E-state index in [2.05, 4.69) is 52.2 Å². The second kappa shape index (κ2) is 6.15. The van der Waals surface area contributed by atoms with Crippen molar-refractivity contribution >= 4 is 39.6 Å². The van der Waals surface area contributed by atoms with E-state index in [0.717, 1.165) is 11.3 Å². The lowest BCUT2D eigenvalue weighted by atomic mass is 9.94. The average molecular weight is 394 g/mol. The Morgan fingerprint density at radius 3 is 2.90 bits per heavy atom. The van der Waals surface area contributed by atoms with Gasteiger partial charge in [-0.3, -0.25) is 0 Å². The number of anilines is 1. The standard InChI is InChI=1S/C16H15IN2S/c17-16-10-13-14(2-1-3-15(13)20-16)19-12-6-4-11(5-7-12)8-9-18/h4-7,10,14,19H,1-3,8H2. The first-order valence-corrected chi connectivity index (χ1v) is 8.66. The smallest absolute Gasteiger partial charge is 0.0669 e. The summed E-state index contributed by atoms with van der Waals surface area (Å²) in [7, 11) is 0. The molecule has 1 atom stereocenters. The molecule has 0 spiro atoms. The van der Waals surface area contributed by atoms with Crippen LogP contribution in [0.15, 0.2) is 30.3 Å². The van der Waals surface area contributed by atoms with Crippen LogP contribution in [0.4, 0.5) is 5.69 Å². The Kier molecular flexibility index (Phi) is 4.27. The van der Waals surface area contributed by atoms with Gasteiger partial charge in [0.15, 0.2) is 0 Å². The molecule has 1 aliphatic carbocycles. The highest BCUT2D eigenvalue weighted by molar-refractivity contribution is 14.1. The summed E-state index contributed by atoms with van der Waals surface area (Å²) in [5.74, 6) is 0. The maximum Gasteiger partial charge on any atom is 0.0669 e. The molecule has 1 aromatic heterocycles. The average Bonchev–Trinajstić information content (AvgIpc) is 2.83. The Labute approximate surface area is 137 Å². The first kappa shape index (κ1) is 13.9. The highest BCUT2D eigenvalue weighted by atomic mass is 127. The molecule has 0 fully saturated rings. The van der Waals surface area contributed by atoms with Gasteiger partial charge in [-0.25, -0.2) is 0 Å². The van der Waals surface area contributed by atoms with Crippen LogP contribution in [0.1, 0.15) is 34.9 Å². The second-order valence-corrected chi connectivity index (χ2v) is 8.08. The van der Waals surface area contributed by atoms with Crippen LogP contribution in [0.25, 0.3) is 0 Å². The van der Waals surface area contributed by atoms with Gasteiger partial charge in [0.05, 0.1) is 21.4 Å². The Bertz CT molecular complexity index is 639. The van der Waals surface area contributed by atoms with Gasteiger partial charge >= 0.3 is 0 Å². The van der Waals surface area contributed by atoms with E-state index in [1.165, 1.54) is 27.7 Å². The molecule has 0 saturated carbocycles. The minimum absolute atomic E-state index is 0.431. The quantitative estimate of drug-likeness (QED) is 0.752. The van der Waals surface area contributed by atoms with Gasteiger partial charge in [0, 0.05) is 10.6 Å². The van der Waals surface area contributed by atoms with Crippen molar-refractivity contribution in [2.45, 2.75) is 31.7 Å². The van der Waals surface area contributed by atoms with Gasteiger partial charge in [-0.15, -0.1) is 11.3 Å². The van der Waals surface area contributed by atoms with Gasteiger partial charge in [-0.2, -0.15) is 5.26 Å². The Hall–Kier alpha value is -1.06. The molecule has 4 heteroatoms. The number of thiophene rings is 1. The fourth-order valence-electron chi connectivity index (χ4n) is 2.68. The zero-order chi connectivity index (χ0) is 13.9. The summed E-state index contributed by atoms with van der Waals surface area (Å²) >= 11 is 4.34. The van der Waals surface area contributed by atoms with Gasteiger partial charge in [-0.1, -0.05) is 12.1 Å². The summed E-state index contributed by atoms with van der Waals surface area (Å²) in [6.45, 7) is 0. The predicted octanol–water partition coefficient (Wildman–Crippen LogP) is 4.91. The SMILES string of the molecule is N#CCc1ccc(NC2CCCc3sc(I)cc32)cc1. The van der Waals surface area contributed by atoms with Crippen LogP contribution in [-0.2, 0) is 12.8 Å². The van der Waals surface area contributed by atoms with Crippen LogP contribution < -0.4 is 5.32 Å². The molecule has 20 heavy (non-hydrogen) atoms. The van der Waals surface area contributed by atoms with Crippen LogP contribution in [0.2, 0.25) is 0 Å². The number of fused-ring (bicyclic) bond motifs is 1. The zero-order valence-corrected chi connectivity index (χ0v) is 14.0. The Morgan fingerprint density at radius 1 is 1.35 bits per heavy atom. The van der Waals surface area contributed by atoms with Crippen molar-refractivity contribution in [3.63, 3.8) is 0 Å². The minimum Gasteiger partial charge on any atom is -0.378 e. The van der Waals surface area contributed by atoms with E-state index in [-0.39, 0.29) is 0 Å². The number of benzene rings is 1. The van der Waals surface area contributed by atoms with Gasteiger partial charge < -0.3 is 5.32 Å². The summed E-state index contributed by atoms with van der Waals surface area (Å²) in [5.41, 5.74) is 3.70. The third kappa shape index (κ3) is 2.99. The zero-order valence-electron chi connectivity index (χ0n) is 11.0. The fraction of sp³-hybridized carbons (Fsp3) is 0.312. The lowest BCUT2D eigenvalue weighted by Crippen LogP contribution is -2.15. The van der Waals surface area contributed by atoms with E-state index < -0.39 is 0 Å². The van der Waals surface area contributed by atoms with Crippen molar-refractivity contribution in [2.75, 3.05) is 5.32 Å². The van der Waals surface area contributed by atoms with Gasteiger partial charge in [0.25, 0.3) is 0 Å². The van der Waals surface area contributed by atoms with Gasteiger partial charge in [-0.05, 0) is 71.2 Å². The largest absolute Gasteiger partial charge is 0.378 e. The lowest BCUT2D eigenvalue weighted by molar-refractivity contribution is 0.609. The molecule has 2 aromatic rings. The van der Waals surface area contributed by atoms with E-state index in [9.17, 15) is 0 Å². The first-order chi connectivity index (χ1) is 9.76. The minimum atomic E-state index is 0.431. The third-order valence-corrected chi connectivity index (χ3v) is 5.63. The molecular weight excluding hydrogens is 379 g/mol. The van der Waals surface area contributed by atoms with Crippen LogP contribution in [0.3, 0.4) is 0 Å². The molecular formula is C16H15IN2S. The second-order valence-electron chi connectivity index (χ2n) is 5.05. The van der Waals surface area contributed by atoms with Crippen molar-refractivity contribution in [1.82, 2.24) is 0 Å². The molecule has 1 heterocycles. The summed E-state index contributed by atoms with van der Waals surface area (Å²) < 4.78 is 1.38.